The van der Waals surface area contributed by atoms with Crippen molar-refractivity contribution in [3.05, 3.63) is 16.0 Å². The average Bonchev–Trinajstić information content (AvgIpc) is 2.92. The first-order valence-electron chi connectivity index (χ1n) is 9.50. The molecule has 0 radical (unpaired) electrons. The maximum Gasteiger partial charge on any atom is 0.251 e. The molecule has 0 spiro atoms. The number of fused-ring (bicyclic) bond motifs is 1. The Bertz CT molecular complexity index is 644. The molecule has 140 valence electrons. The molecule has 1 aliphatic carbocycles. The summed E-state index contributed by atoms with van der Waals surface area (Å²) in [5.41, 5.74) is 7.57. The van der Waals surface area contributed by atoms with Gasteiger partial charge in [-0.2, -0.15) is 0 Å². The lowest BCUT2D eigenvalue weighted by Crippen LogP contribution is -2.29. The van der Waals surface area contributed by atoms with Crippen LogP contribution in [0.1, 0.15) is 81.1 Å². The van der Waals surface area contributed by atoms with Gasteiger partial charge in [0.05, 0.1) is 5.56 Å². The molecule has 0 saturated carbocycles. The number of carbonyl (C=O) groups is 2. The number of nitrogens with two attached hydrogens (primary N) is 1. The molecule has 0 bridgehead atoms. The molecule has 2 rings (SSSR count). The first-order valence-corrected chi connectivity index (χ1v) is 10.3. The van der Waals surface area contributed by atoms with Crippen molar-refractivity contribution in [1.29, 1.82) is 0 Å². The summed E-state index contributed by atoms with van der Waals surface area (Å²) in [7, 11) is 0. The summed E-state index contributed by atoms with van der Waals surface area (Å²) in [6.07, 6.45) is 5.66. The van der Waals surface area contributed by atoms with Crippen LogP contribution in [0.3, 0.4) is 0 Å². The van der Waals surface area contributed by atoms with E-state index in [0.717, 1.165) is 44.1 Å². The number of hydrogen-bond acceptors (Lipinski definition) is 3. The highest BCUT2D eigenvalue weighted by Gasteiger charge is 2.35. The fourth-order valence-corrected chi connectivity index (χ4v) is 5.10. The Balaban J connectivity index is 2.32. The second-order valence-corrected chi connectivity index (χ2v) is 8.96. The van der Waals surface area contributed by atoms with Crippen molar-refractivity contribution in [3.63, 3.8) is 0 Å². The predicted molar refractivity (Wildman–Crippen MR) is 105 cm³/mol. The summed E-state index contributed by atoms with van der Waals surface area (Å²) in [6.45, 7) is 10.9. The van der Waals surface area contributed by atoms with E-state index in [1.807, 2.05) is 13.8 Å². The Morgan fingerprint density at radius 1 is 1.28 bits per heavy atom. The molecule has 1 heterocycles. The highest BCUT2D eigenvalue weighted by Crippen LogP contribution is 2.45. The van der Waals surface area contributed by atoms with Crippen LogP contribution in [0.2, 0.25) is 0 Å². The van der Waals surface area contributed by atoms with Crippen LogP contribution in [-0.2, 0) is 17.6 Å². The second-order valence-electron chi connectivity index (χ2n) is 7.86. The van der Waals surface area contributed by atoms with Crippen LogP contribution in [0.4, 0.5) is 5.00 Å². The largest absolute Gasteiger partial charge is 0.365 e. The number of anilines is 1. The summed E-state index contributed by atoms with van der Waals surface area (Å²) < 4.78 is 0. The first kappa shape index (κ1) is 20.0. The summed E-state index contributed by atoms with van der Waals surface area (Å²) in [4.78, 5) is 25.8. The highest BCUT2D eigenvalue weighted by atomic mass is 32.1. The van der Waals surface area contributed by atoms with Gasteiger partial charge in [0.25, 0.3) is 5.91 Å². The number of amides is 2. The van der Waals surface area contributed by atoms with E-state index in [0.29, 0.717) is 16.5 Å². The molecule has 0 aromatic carbocycles. The SMILES string of the molecule is CCC(CC)C(=O)Nc1sc2c(c1C(N)=O)CC[C@@H](C(C)(C)CC)C2. The molecule has 25 heavy (non-hydrogen) atoms. The third-order valence-corrected chi connectivity index (χ3v) is 7.29. The van der Waals surface area contributed by atoms with Gasteiger partial charge in [0.2, 0.25) is 5.91 Å². The van der Waals surface area contributed by atoms with E-state index < -0.39 is 5.91 Å². The lowest BCUT2D eigenvalue weighted by atomic mass is 9.69. The Kier molecular flexibility index (Phi) is 6.30. The number of primary amides is 1. The minimum Gasteiger partial charge on any atom is -0.365 e. The third-order valence-electron chi connectivity index (χ3n) is 6.12. The molecule has 0 saturated heterocycles. The molecule has 1 aromatic heterocycles. The summed E-state index contributed by atoms with van der Waals surface area (Å²) >= 11 is 1.55. The normalized spacial score (nSPS) is 17.4. The van der Waals surface area contributed by atoms with Gasteiger partial charge in [-0.1, -0.05) is 41.0 Å². The van der Waals surface area contributed by atoms with Crippen LogP contribution in [0.5, 0.6) is 0 Å². The topological polar surface area (TPSA) is 72.2 Å². The molecule has 1 atom stereocenters. The maximum atomic E-state index is 12.5. The number of hydrogen-bond donors (Lipinski definition) is 2. The zero-order valence-electron chi connectivity index (χ0n) is 16.2. The lowest BCUT2D eigenvalue weighted by Gasteiger charge is -2.36. The number of rotatable bonds is 7. The van der Waals surface area contributed by atoms with E-state index in [1.54, 1.807) is 11.3 Å². The molecule has 3 N–H and O–H groups in total. The quantitative estimate of drug-likeness (QED) is 0.732. The number of carbonyl (C=O) groups excluding carboxylic acids is 2. The molecule has 5 heteroatoms. The fraction of sp³-hybridized carbons (Fsp3) is 0.700. The van der Waals surface area contributed by atoms with Gasteiger partial charge in [-0.05, 0) is 49.0 Å². The molecule has 0 fully saturated rings. The van der Waals surface area contributed by atoms with Gasteiger partial charge in [-0.15, -0.1) is 11.3 Å². The molecule has 2 amide bonds. The fourth-order valence-electron chi connectivity index (χ4n) is 3.76. The minimum absolute atomic E-state index is 0.00321. The predicted octanol–water partition coefficient (Wildman–Crippen LogP) is 4.76. The van der Waals surface area contributed by atoms with Crippen molar-refractivity contribution in [2.24, 2.45) is 23.0 Å². The van der Waals surface area contributed by atoms with E-state index in [4.69, 9.17) is 5.73 Å². The molecular formula is C20H32N2O2S. The summed E-state index contributed by atoms with van der Waals surface area (Å²) in [6, 6.07) is 0. The van der Waals surface area contributed by atoms with Crippen molar-refractivity contribution in [2.45, 2.75) is 73.1 Å². The van der Waals surface area contributed by atoms with Crippen molar-refractivity contribution in [1.82, 2.24) is 0 Å². The third kappa shape index (κ3) is 4.08. The van der Waals surface area contributed by atoms with Crippen LogP contribution in [-0.4, -0.2) is 11.8 Å². The Labute approximate surface area is 155 Å². The number of thiophene rings is 1. The van der Waals surface area contributed by atoms with E-state index in [2.05, 4.69) is 26.1 Å². The van der Waals surface area contributed by atoms with Crippen LogP contribution >= 0.6 is 11.3 Å². The second kappa shape index (κ2) is 7.90. The zero-order chi connectivity index (χ0) is 18.8. The van der Waals surface area contributed by atoms with E-state index in [9.17, 15) is 9.59 Å². The maximum absolute atomic E-state index is 12.5. The van der Waals surface area contributed by atoms with Crippen LogP contribution < -0.4 is 11.1 Å². The minimum atomic E-state index is -0.425. The Morgan fingerprint density at radius 3 is 2.44 bits per heavy atom. The summed E-state index contributed by atoms with van der Waals surface area (Å²) in [5, 5.41) is 3.65. The molecule has 0 unspecified atom stereocenters. The Morgan fingerprint density at radius 2 is 1.92 bits per heavy atom. The van der Waals surface area contributed by atoms with Gasteiger partial charge in [-0.3, -0.25) is 9.59 Å². The average molecular weight is 365 g/mol. The van der Waals surface area contributed by atoms with Gasteiger partial charge >= 0.3 is 0 Å². The van der Waals surface area contributed by atoms with Gasteiger partial charge < -0.3 is 11.1 Å². The van der Waals surface area contributed by atoms with Gasteiger partial charge in [0.1, 0.15) is 5.00 Å². The van der Waals surface area contributed by atoms with E-state index >= 15 is 0 Å². The first-order chi connectivity index (χ1) is 11.7. The van der Waals surface area contributed by atoms with Gasteiger partial charge in [0, 0.05) is 10.8 Å². The van der Waals surface area contributed by atoms with Crippen molar-refractivity contribution >= 4 is 28.2 Å². The van der Waals surface area contributed by atoms with E-state index in [1.165, 1.54) is 4.88 Å². The molecular weight excluding hydrogens is 332 g/mol. The van der Waals surface area contributed by atoms with Crippen LogP contribution in [0, 0.1) is 17.3 Å². The highest BCUT2D eigenvalue weighted by molar-refractivity contribution is 7.17. The van der Waals surface area contributed by atoms with Crippen molar-refractivity contribution in [2.75, 3.05) is 5.32 Å². The smallest absolute Gasteiger partial charge is 0.251 e. The summed E-state index contributed by atoms with van der Waals surface area (Å²) in [5.74, 6) is 0.153. The van der Waals surface area contributed by atoms with Crippen LogP contribution in [0.25, 0.3) is 0 Å². The Hall–Kier alpha value is -1.36. The standard InChI is InChI=1S/C20H32N2O2S/c1-6-12(7-2)18(24)22-19-16(17(21)23)14-10-9-13(11-15(14)25-19)20(4,5)8-3/h12-13H,6-11H2,1-5H3,(H2,21,23)(H,22,24)/t13-/m1/s1. The molecule has 1 aliphatic rings. The van der Waals surface area contributed by atoms with Gasteiger partial charge in [0.15, 0.2) is 0 Å². The van der Waals surface area contributed by atoms with Crippen molar-refractivity contribution in [3.8, 4) is 0 Å². The zero-order valence-corrected chi connectivity index (χ0v) is 17.0. The van der Waals surface area contributed by atoms with E-state index in [-0.39, 0.29) is 17.2 Å². The van der Waals surface area contributed by atoms with Crippen LogP contribution in [0.15, 0.2) is 0 Å². The van der Waals surface area contributed by atoms with Crippen molar-refractivity contribution < 1.29 is 9.59 Å². The number of nitrogens with one attached hydrogen (secondary N) is 1. The molecule has 4 nitrogen and oxygen atoms in total. The monoisotopic (exact) mass is 364 g/mol. The van der Waals surface area contributed by atoms with Gasteiger partial charge in [-0.25, -0.2) is 0 Å². The molecule has 0 aliphatic heterocycles. The lowest BCUT2D eigenvalue weighted by molar-refractivity contribution is -0.120. The molecule has 1 aromatic rings.